The van der Waals surface area contributed by atoms with Gasteiger partial charge in [-0.15, -0.1) is 0 Å². The highest BCUT2D eigenvalue weighted by molar-refractivity contribution is 7.92. The minimum Gasteiger partial charge on any atom is -0.398 e. The molecule has 3 N–H and O–H groups in total. The molecule has 0 unspecified atom stereocenters. The van der Waals surface area contributed by atoms with Crippen LogP contribution in [0, 0.1) is 12.7 Å². The smallest absolute Gasteiger partial charge is 0.251 e. The van der Waals surface area contributed by atoms with Crippen molar-refractivity contribution < 1.29 is 17.6 Å². The Morgan fingerprint density at radius 2 is 1.95 bits per heavy atom. The Kier molecular flexibility index (Phi) is 4.43. The standard InChI is InChI=1S/C13H19FN2O3S/c1-8-10(14)5-9(6-11(8)15)12(17)16-7-13(2,3)20(4,18)19/h5-6H,7,15H2,1-4H3,(H,16,17). The number of amides is 1. The van der Waals surface area contributed by atoms with Gasteiger partial charge < -0.3 is 11.1 Å². The fourth-order valence-electron chi connectivity index (χ4n) is 1.36. The van der Waals surface area contributed by atoms with Crippen molar-refractivity contribution >= 4 is 21.4 Å². The van der Waals surface area contributed by atoms with Gasteiger partial charge in [0.25, 0.3) is 5.91 Å². The summed E-state index contributed by atoms with van der Waals surface area (Å²) < 4.78 is 35.5. The van der Waals surface area contributed by atoms with Crippen molar-refractivity contribution in [2.75, 3.05) is 18.5 Å². The summed E-state index contributed by atoms with van der Waals surface area (Å²) in [5, 5.41) is 2.48. The maximum absolute atomic E-state index is 13.5. The number of halogens is 1. The molecule has 0 heterocycles. The number of anilines is 1. The van der Waals surface area contributed by atoms with E-state index in [4.69, 9.17) is 5.73 Å². The second-order valence-electron chi connectivity index (χ2n) is 5.39. The van der Waals surface area contributed by atoms with Crippen LogP contribution in [0.1, 0.15) is 29.8 Å². The van der Waals surface area contributed by atoms with Gasteiger partial charge in [-0.05, 0) is 32.9 Å². The molecule has 0 fully saturated rings. The molecule has 5 nitrogen and oxygen atoms in total. The van der Waals surface area contributed by atoms with E-state index in [1.807, 2.05) is 0 Å². The first-order valence-electron chi connectivity index (χ1n) is 5.99. The maximum Gasteiger partial charge on any atom is 0.251 e. The number of nitrogens with two attached hydrogens (primary N) is 1. The number of carbonyl (C=O) groups is 1. The highest BCUT2D eigenvalue weighted by atomic mass is 32.2. The lowest BCUT2D eigenvalue weighted by atomic mass is 10.1. The normalized spacial score (nSPS) is 12.2. The van der Waals surface area contributed by atoms with E-state index in [1.165, 1.54) is 26.8 Å². The first kappa shape index (κ1) is 16.4. The summed E-state index contributed by atoms with van der Waals surface area (Å²) in [6.07, 6.45) is 1.10. The zero-order valence-corrected chi connectivity index (χ0v) is 12.8. The summed E-state index contributed by atoms with van der Waals surface area (Å²) in [5.74, 6) is -1.13. The van der Waals surface area contributed by atoms with Crippen LogP contribution in [0.3, 0.4) is 0 Å². The molecule has 20 heavy (non-hydrogen) atoms. The second kappa shape index (κ2) is 5.40. The van der Waals surface area contributed by atoms with E-state index in [0.717, 1.165) is 12.3 Å². The van der Waals surface area contributed by atoms with Crippen molar-refractivity contribution in [3.63, 3.8) is 0 Å². The number of carbonyl (C=O) groups excluding carboxylic acids is 1. The first-order valence-corrected chi connectivity index (χ1v) is 7.88. The molecule has 1 amide bonds. The third-order valence-corrected chi connectivity index (χ3v) is 5.48. The second-order valence-corrected chi connectivity index (χ2v) is 8.04. The van der Waals surface area contributed by atoms with Gasteiger partial charge in [0.15, 0.2) is 9.84 Å². The first-order chi connectivity index (χ1) is 8.95. The largest absolute Gasteiger partial charge is 0.398 e. The molecule has 0 radical (unpaired) electrons. The average molecular weight is 302 g/mol. The molecular formula is C13H19FN2O3S. The monoisotopic (exact) mass is 302 g/mol. The van der Waals surface area contributed by atoms with Crippen LogP contribution in [0.5, 0.6) is 0 Å². The molecule has 0 saturated heterocycles. The van der Waals surface area contributed by atoms with E-state index in [1.54, 1.807) is 0 Å². The number of rotatable bonds is 4. The van der Waals surface area contributed by atoms with Crippen LogP contribution >= 0.6 is 0 Å². The Bertz CT molecular complexity index is 616. The van der Waals surface area contributed by atoms with Crippen molar-refractivity contribution in [3.8, 4) is 0 Å². The Morgan fingerprint density at radius 3 is 2.40 bits per heavy atom. The van der Waals surface area contributed by atoms with Crippen LogP contribution in [0.4, 0.5) is 10.1 Å². The zero-order chi connectivity index (χ0) is 15.7. The third kappa shape index (κ3) is 3.47. The van der Waals surface area contributed by atoms with Crippen LogP contribution in [0.25, 0.3) is 0 Å². The Morgan fingerprint density at radius 1 is 1.40 bits per heavy atom. The van der Waals surface area contributed by atoms with Gasteiger partial charge in [0.05, 0.1) is 4.75 Å². The quantitative estimate of drug-likeness (QED) is 0.820. The molecule has 0 atom stereocenters. The van der Waals surface area contributed by atoms with Crippen LogP contribution in [-0.4, -0.2) is 31.9 Å². The van der Waals surface area contributed by atoms with Crippen molar-refractivity contribution in [2.45, 2.75) is 25.5 Å². The summed E-state index contributed by atoms with van der Waals surface area (Å²) in [6.45, 7) is 4.46. The predicted molar refractivity (Wildman–Crippen MR) is 76.8 cm³/mol. The molecule has 0 spiro atoms. The lowest BCUT2D eigenvalue weighted by molar-refractivity contribution is 0.0950. The summed E-state index contributed by atoms with van der Waals surface area (Å²) in [7, 11) is -3.32. The van der Waals surface area contributed by atoms with Crippen LogP contribution < -0.4 is 11.1 Å². The molecule has 1 aromatic carbocycles. The van der Waals surface area contributed by atoms with E-state index in [0.29, 0.717) is 0 Å². The third-order valence-electron chi connectivity index (χ3n) is 3.33. The highest BCUT2D eigenvalue weighted by Gasteiger charge is 2.30. The lowest BCUT2D eigenvalue weighted by Gasteiger charge is -2.22. The molecule has 0 aliphatic carbocycles. The summed E-state index contributed by atoms with van der Waals surface area (Å²) in [5.41, 5.74) is 6.11. The Balaban J connectivity index is 2.89. The molecule has 112 valence electrons. The number of benzene rings is 1. The minimum atomic E-state index is -3.32. The van der Waals surface area contributed by atoms with Gasteiger partial charge in [-0.3, -0.25) is 4.79 Å². The Hall–Kier alpha value is -1.63. The molecule has 0 aliphatic heterocycles. The van der Waals surface area contributed by atoms with Crippen LogP contribution in [0.15, 0.2) is 12.1 Å². The topological polar surface area (TPSA) is 89.3 Å². The number of nitrogens with one attached hydrogen (secondary N) is 1. The number of nitrogen functional groups attached to an aromatic ring is 1. The molecule has 0 saturated carbocycles. The van der Waals surface area contributed by atoms with Crippen LogP contribution in [0.2, 0.25) is 0 Å². The van der Waals surface area contributed by atoms with E-state index < -0.39 is 26.3 Å². The average Bonchev–Trinajstić information content (AvgIpc) is 2.31. The summed E-state index contributed by atoms with van der Waals surface area (Å²) in [4.78, 5) is 11.9. The minimum absolute atomic E-state index is 0.0647. The molecule has 0 bridgehead atoms. The summed E-state index contributed by atoms with van der Waals surface area (Å²) >= 11 is 0. The predicted octanol–water partition coefficient (Wildman–Crippen LogP) is 1.27. The fraction of sp³-hybridized carbons (Fsp3) is 0.462. The number of hydrogen-bond donors (Lipinski definition) is 2. The Labute approximate surface area is 118 Å². The van der Waals surface area contributed by atoms with Crippen molar-refractivity contribution in [2.24, 2.45) is 0 Å². The number of sulfone groups is 1. The van der Waals surface area contributed by atoms with Gasteiger partial charge in [0.1, 0.15) is 5.82 Å². The molecular weight excluding hydrogens is 283 g/mol. The van der Waals surface area contributed by atoms with Crippen LogP contribution in [-0.2, 0) is 9.84 Å². The van der Waals surface area contributed by atoms with Crippen molar-refractivity contribution in [1.29, 1.82) is 0 Å². The molecule has 7 heteroatoms. The molecule has 0 aromatic heterocycles. The van der Waals surface area contributed by atoms with E-state index in [9.17, 15) is 17.6 Å². The molecule has 1 aromatic rings. The van der Waals surface area contributed by atoms with Gasteiger partial charge in [-0.2, -0.15) is 0 Å². The number of hydrogen-bond acceptors (Lipinski definition) is 4. The maximum atomic E-state index is 13.5. The van der Waals surface area contributed by atoms with E-state index in [-0.39, 0.29) is 23.4 Å². The molecule has 0 aliphatic rings. The van der Waals surface area contributed by atoms with E-state index >= 15 is 0 Å². The van der Waals surface area contributed by atoms with Gasteiger partial charge in [-0.1, -0.05) is 0 Å². The van der Waals surface area contributed by atoms with Crippen molar-refractivity contribution in [1.82, 2.24) is 5.32 Å². The fourth-order valence-corrected chi connectivity index (χ4v) is 1.69. The lowest BCUT2D eigenvalue weighted by Crippen LogP contribution is -2.43. The van der Waals surface area contributed by atoms with Gasteiger partial charge >= 0.3 is 0 Å². The molecule has 1 rings (SSSR count). The SMILES string of the molecule is Cc1c(N)cc(C(=O)NCC(C)(C)S(C)(=O)=O)cc1F. The van der Waals surface area contributed by atoms with Gasteiger partial charge in [0, 0.05) is 29.6 Å². The highest BCUT2D eigenvalue weighted by Crippen LogP contribution is 2.18. The van der Waals surface area contributed by atoms with Gasteiger partial charge in [-0.25, -0.2) is 12.8 Å². The summed E-state index contributed by atoms with van der Waals surface area (Å²) in [6, 6.07) is 2.44. The van der Waals surface area contributed by atoms with Gasteiger partial charge in [0.2, 0.25) is 0 Å². The van der Waals surface area contributed by atoms with E-state index in [2.05, 4.69) is 5.32 Å². The van der Waals surface area contributed by atoms with Crippen molar-refractivity contribution in [3.05, 3.63) is 29.1 Å². The zero-order valence-electron chi connectivity index (χ0n) is 12.0.